The third-order valence-corrected chi connectivity index (χ3v) is 12.4. The van der Waals surface area contributed by atoms with Gasteiger partial charge in [0, 0.05) is 12.8 Å². The van der Waals surface area contributed by atoms with E-state index in [1.807, 2.05) is 0 Å². The summed E-state index contributed by atoms with van der Waals surface area (Å²) in [4.78, 5) is 24.7. The molecule has 4 saturated carbocycles. The third kappa shape index (κ3) is 5.58. The SMILES string of the molecule is CC(CCC(=O)NC(Cc1ccc(O)c(O)c1)C(=O)O)C1CCC2C3CC(O)C4CC(O)CCC4(C)C3CCC12C. The van der Waals surface area contributed by atoms with Crippen LogP contribution < -0.4 is 5.32 Å². The molecule has 0 radical (unpaired) electrons. The lowest BCUT2D eigenvalue weighted by Gasteiger charge is -2.62. The number of phenolic OH excluding ortho intramolecular Hbond substituents is 2. The highest BCUT2D eigenvalue weighted by atomic mass is 16.4. The van der Waals surface area contributed by atoms with Gasteiger partial charge >= 0.3 is 5.97 Å². The van der Waals surface area contributed by atoms with Gasteiger partial charge in [-0.2, -0.15) is 0 Å². The van der Waals surface area contributed by atoms with Crippen LogP contribution in [0.15, 0.2) is 18.2 Å². The van der Waals surface area contributed by atoms with Gasteiger partial charge in [0.1, 0.15) is 6.04 Å². The zero-order chi connectivity index (χ0) is 29.7. The van der Waals surface area contributed by atoms with Crippen LogP contribution >= 0.6 is 0 Å². The predicted octanol–water partition coefficient (Wildman–Crippen LogP) is 4.62. The first-order valence-corrected chi connectivity index (χ1v) is 15.7. The van der Waals surface area contributed by atoms with Crippen LogP contribution in [0.3, 0.4) is 0 Å². The van der Waals surface area contributed by atoms with E-state index in [0.29, 0.717) is 41.6 Å². The van der Waals surface area contributed by atoms with Crippen LogP contribution in [-0.4, -0.2) is 55.7 Å². The number of amides is 1. The maximum atomic E-state index is 12.9. The second-order valence-corrected chi connectivity index (χ2v) is 14.5. The Morgan fingerprint density at radius 2 is 1.66 bits per heavy atom. The molecule has 5 rings (SSSR count). The number of aliphatic carboxylic acids is 1. The normalized spacial score (nSPS) is 39.6. The summed E-state index contributed by atoms with van der Waals surface area (Å²) in [5, 5.41) is 53.2. The molecule has 4 aliphatic carbocycles. The molecule has 4 fully saturated rings. The number of nitrogens with one attached hydrogen (secondary N) is 1. The van der Waals surface area contributed by atoms with Crippen LogP contribution in [0, 0.1) is 46.3 Å². The van der Waals surface area contributed by atoms with Crippen LogP contribution in [0.1, 0.15) is 90.5 Å². The maximum absolute atomic E-state index is 12.9. The smallest absolute Gasteiger partial charge is 0.326 e. The molecule has 0 spiro atoms. The summed E-state index contributed by atoms with van der Waals surface area (Å²) in [6, 6.07) is 3.04. The molecule has 228 valence electrons. The molecule has 0 saturated heterocycles. The van der Waals surface area contributed by atoms with Gasteiger partial charge in [-0.15, -0.1) is 0 Å². The van der Waals surface area contributed by atoms with Crippen molar-refractivity contribution in [3.8, 4) is 11.5 Å². The first-order valence-electron chi connectivity index (χ1n) is 15.7. The number of aliphatic hydroxyl groups excluding tert-OH is 2. The minimum Gasteiger partial charge on any atom is -0.504 e. The summed E-state index contributed by atoms with van der Waals surface area (Å²) in [7, 11) is 0. The molecule has 11 unspecified atom stereocenters. The molecule has 4 aliphatic rings. The Balaban J connectivity index is 1.19. The highest BCUT2D eigenvalue weighted by molar-refractivity contribution is 5.83. The molecule has 0 aliphatic heterocycles. The minimum atomic E-state index is -1.14. The predicted molar refractivity (Wildman–Crippen MR) is 154 cm³/mol. The first kappa shape index (κ1) is 30.1. The Bertz CT molecular complexity index is 1140. The van der Waals surface area contributed by atoms with Crippen molar-refractivity contribution < 1.29 is 35.1 Å². The monoisotopic (exact) mass is 571 g/mol. The van der Waals surface area contributed by atoms with Crippen LogP contribution in [-0.2, 0) is 16.0 Å². The Labute approximate surface area is 243 Å². The van der Waals surface area contributed by atoms with E-state index in [4.69, 9.17) is 0 Å². The zero-order valence-corrected chi connectivity index (χ0v) is 24.8. The molecule has 1 amide bonds. The summed E-state index contributed by atoms with van der Waals surface area (Å²) in [6.07, 6.45) is 8.39. The van der Waals surface area contributed by atoms with Crippen molar-refractivity contribution in [3.63, 3.8) is 0 Å². The Morgan fingerprint density at radius 1 is 0.951 bits per heavy atom. The van der Waals surface area contributed by atoms with Crippen molar-refractivity contribution in [2.75, 3.05) is 0 Å². The van der Waals surface area contributed by atoms with E-state index in [9.17, 15) is 35.1 Å². The number of hydrogen-bond acceptors (Lipinski definition) is 6. The van der Waals surface area contributed by atoms with Gasteiger partial charge < -0.3 is 30.8 Å². The summed E-state index contributed by atoms with van der Waals surface area (Å²) >= 11 is 0. The first-order chi connectivity index (χ1) is 19.3. The fourth-order valence-corrected chi connectivity index (χ4v) is 10.2. The number of hydrogen-bond donors (Lipinski definition) is 6. The van der Waals surface area contributed by atoms with E-state index in [1.54, 1.807) is 0 Å². The van der Waals surface area contributed by atoms with Crippen molar-refractivity contribution in [2.45, 2.75) is 110 Å². The maximum Gasteiger partial charge on any atom is 0.326 e. The number of carbonyl (C=O) groups is 2. The molecular formula is C33H49NO7. The third-order valence-electron chi connectivity index (χ3n) is 12.4. The number of fused-ring (bicyclic) bond motifs is 5. The summed E-state index contributed by atoms with van der Waals surface area (Å²) < 4.78 is 0. The Morgan fingerprint density at radius 3 is 2.37 bits per heavy atom. The largest absolute Gasteiger partial charge is 0.504 e. The molecule has 0 heterocycles. The highest BCUT2D eigenvalue weighted by Crippen LogP contribution is 2.68. The minimum absolute atomic E-state index is 0.0139. The molecule has 6 N–H and O–H groups in total. The fourth-order valence-electron chi connectivity index (χ4n) is 10.2. The average molecular weight is 572 g/mol. The van der Waals surface area contributed by atoms with Gasteiger partial charge in [-0.1, -0.05) is 26.8 Å². The lowest BCUT2D eigenvalue weighted by molar-refractivity contribution is -0.172. The number of aromatic hydroxyl groups is 2. The zero-order valence-electron chi connectivity index (χ0n) is 24.8. The summed E-state index contributed by atoms with van der Waals surface area (Å²) in [5.41, 5.74) is 0.794. The van der Waals surface area contributed by atoms with Crippen LogP contribution in [0.4, 0.5) is 0 Å². The molecule has 8 nitrogen and oxygen atoms in total. The van der Waals surface area contributed by atoms with Gasteiger partial charge in [0.2, 0.25) is 5.91 Å². The number of benzene rings is 1. The standard InChI is InChI=1S/C33H49NO7/c1-18(4-9-30(39)34-26(31(40)41)14-19-5-8-27(36)29(38)15-19)22-6-7-23-21-17-28(37)25-16-20(35)10-12-33(25,3)24(21)11-13-32(22,23)2/h5,8,15,18,20-26,28,35-38H,4,6-7,9-14,16-17H2,1-3H3,(H,34,39)(H,40,41). The fraction of sp³-hybridized carbons (Fsp3) is 0.758. The van der Waals surface area contributed by atoms with E-state index in [0.717, 1.165) is 38.5 Å². The lowest BCUT2D eigenvalue weighted by atomic mass is 9.44. The number of rotatable bonds is 8. The topological polar surface area (TPSA) is 147 Å². The molecule has 11 atom stereocenters. The second-order valence-electron chi connectivity index (χ2n) is 14.5. The number of carboxylic acids is 1. The molecule has 41 heavy (non-hydrogen) atoms. The van der Waals surface area contributed by atoms with Gasteiger partial charge in [-0.05, 0) is 122 Å². The quantitative estimate of drug-likeness (QED) is 0.250. The van der Waals surface area contributed by atoms with Crippen molar-refractivity contribution >= 4 is 11.9 Å². The van der Waals surface area contributed by atoms with E-state index in [2.05, 4.69) is 26.1 Å². The number of aliphatic hydroxyl groups is 2. The molecular weight excluding hydrogens is 522 g/mol. The van der Waals surface area contributed by atoms with Crippen LogP contribution in [0.2, 0.25) is 0 Å². The van der Waals surface area contributed by atoms with E-state index in [-0.39, 0.29) is 59.2 Å². The van der Waals surface area contributed by atoms with E-state index in [1.165, 1.54) is 31.0 Å². The number of carbonyl (C=O) groups excluding carboxylic acids is 1. The van der Waals surface area contributed by atoms with Gasteiger partial charge in [0.05, 0.1) is 12.2 Å². The molecule has 1 aromatic carbocycles. The van der Waals surface area contributed by atoms with E-state index >= 15 is 0 Å². The number of phenols is 2. The average Bonchev–Trinajstić information content (AvgIpc) is 3.27. The van der Waals surface area contributed by atoms with Crippen LogP contribution in [0.5, 0.6) is 11.5 Å². The van der Waals surface area contributed by atoms with E-state index < -0.39 is 12.0 Å². The lowest BCUT2D eigenvalue weighted by Crippen LogP contribution is -2.58. The van der Waals surface area contributed by atoms with Crippen molar-refractivity contribution in [1.82, 2.24) is 5.32 Å². The van der Waals surface area contributed by atoms with Gasteiger partial charge in [0.15, 0.2) is 11.5 Å². The molecule has 0 bridgehead atoms. The number of carboxylic acid groups (broad SMARTS) is 1. The second kappa shape index (κ2) is 11.4. The van der Waals surface area contributed by atoms with Gasteiger partial charge in [-0.25, -0.2) is 4.79 Å². The summed E-state index contributed by atoms with van der Waals surface area (Å²) in [5.74, 6) is 0.672. The molecule has 1 aromatic rings. The molecule has 0 aromatic heterocycles. The van der Waals surface area contributed by atoms with Crippen molar-refractivity contribution in [1.29, 1.82) is 0 Å². The van der Waals surface area contributed by atoms with Crippen molar-refractivity contribution in [3.05, 3.63) is 23.8 Å². The Hall–Kier alpha value is -2.32. The van der Waals surface area contributed by atoms with Crippen molar-refractivity contribution in [2.24, 2.45) is 46.3 Å². The van der Waals surface area contributed by atoms with Crippen LogP contribution in [0.25, 0.3) is 0 Å². The van der Waals surface area contributed by atoms with Gasteiger partial charge in [0.25, 0.3) is 0 Å². The molecule has 8 heteroatoms. The Kier molecular flexibility index (Phi) is 8.38. The summed E-state index contributed by atoms with van der Waals surface area (Å²) in [6.45, 7) is 7.07. The van der Waals surface area contributed by atoms with Gasteiger partial charge in [-0.3, -0.25) is 4.79 Å². The highest BCUT2D eigenvalue weighted by Gasteiger charge is 2.62.